The normalized spacial score (nSPS) is 14.7. The van der Waals surface area contributed by atoms with E-state index < -0.39 is 78.5 Å². The topological polar surface area (TPSA) is 231 Å². The molecule has 0 bridgehead atoms. The number of primary amides is 1. The number of nitrogens with one attached hydrogen (secondary N) is 3. The van der Waals surface area contributed by atoms with Crippen LogP contribution in [0.5, 0.6) is 0 Å². The number of hydrogen-bond acceptors (Lipinski definition) is 8. The van der Waals surface area contributed by atoms with Gasteiger partial charge in [0.25, 0.3) is 0 Å². The third-order valence-electron chi connectivity index (χ3n) is 3.81. The Kier molecular flexibility index (Phi) is 11.4. The van der Waals surface area contributed by atoms with Crippen LogP contribution in [0.25, 0.3) is 0 Å². The number of carbonyl (C=O) groups excluding carboxylic acids is 4. The highest BCUT2D eigenvalue weighted by atomic mass is 32.1. The second kappa shape index (κ2) is 12.6. The third kappa shape index (κ3) is 9.56. The van der Waals surface area contributed by atoms with Crippen LogP contribution in [0.3, 0.4) is 0 Å². The lowest BCUT2D eigenvalue weighted by Gasteiger charge is -2.26. The van der Waals surface area contributed by atoms with Crippen molar-refractivity contribution in [2.45, 2.75) is 50.9 Å². The Labute approximate surface area is 177 Å². The highest BCUT2D eigenvalue weighted by Gasteiger charge is 2.31. The zero-order valence-corrected chi connectivity index (χ0v) is 17.3. The van der Waals surface area contributed by atoms with Gasteiger partial charge in [0.05, 0.1) is 18.9 Å². The first-order chi connectivity index (χ1) is 13.8. The molecule has 0 radical (unpaired) electrons. The lowest BCUT2D eigenvalue weighted by atomic mass is 10.0. The molecule has 4 atom stereocenters. The van der Waals surface area contributed by atoms with E-state index in [4.69, 9.17) is 21.7 Å². The van der Waals surface area contributed by atoms with E-state index in [1.54, 1.807) is 13.8 Å². The third-order valence-corrected chi connectivity index (χ3v) is 4.18. The van der Waals surface area contributed by atoms with Crippen molar-refractivity contribution in [1.82, 2.24) is 16.0 Å². The standard InChI is InChI=1S/C16H27N5O8S/c1-6(2)12(21-13(25)7(17)3-10(18)22)15(27)20-9(5-30)14(26)19-8(16(28)29)4-11(23)24/h6-9,12,30H,3-5,17H2,1-2H3,(H2,18,22)(H,19,26)(H,20,27)(H,21,25)(H,23,24)(H,28,29). The van der Waals surface area contributed by atoms with Crippen molar-refractivity contribution in [3.05, 3.63) is 0 Å². The minimum absolute atomic E-state index is 0.239. The maximum atomic E-state index is 12.6. The monoisotopic (exact) mass is 449 g/mol. The summed E-state index contributed by atoms with van der Waals surface area (Å²) in [7, 11) is 0. The van der Waals surface area contributed by atoms with Crippen LogP contribution in [0, 0.1) is 5.92 Å². The number of rotatable bonds is 13. The number of carboxylic acid groups (broad SMARTS) is 2. The van der Waals surface area contributed by atoms with Gasteiger partial charge < -0.3 is 37.6 Å². The molecular formula is C16H27N5O8S. The largest absolute Gasteiger partial charge is 0.481 e. The molecule has 4 unspecified atom stereocenters. The molecule has 0 aromatic rings. The SMILES string of the molecule is CC(C)C(NC(=O)C(N)CC(N)=O)C(=O)NC(CS)C(=O)NC(CC(=O)O)C(=O)O. The van der Waals surface area contributed by atoms with Crippen molar-refractivity contribution in [3.63, 3.8) is 0 Å². The average Bonchev–Trinajstić information content (AvgIpc) is 2.61. The Morgan fingerprint density at radius 2 is 1.40 bits per heavy atom. The fraction of sp³-hybridized carbons (Fsp3) is 0.625. The molecule has 4 amide bonds. The summed E-state index contributed by atoms with van der Waals surface area (Å²) in [6, 6.07) is -5.43. The Morgan fingerprint density at radius 3 is 1.80 bits per heavy atom. The number of hydrogen-bond donors (Lipinski definition) is 8. The van der Waals surface area contributed by atoms with Crippen molar-refractivity contribution in [3.8, 4) is 0 Å². The van der Waals surface area contributed by atoms with E-state index in [1.165, 1.54) is 0 Å². The summed E-state index contributed by atoms with van der Waals surface area (Å²) in [6.07, 6.45) is -1.29. The number of amides is 4. The summed E-state index contributed by atoms with van der Waals surface area (Å²) < 4.78 is 0. The molecule has 0 fully saturated rings. The van der Waals surface area contributed by atoms with Crippen LogP contribution in [-0.2, 0) is 28.8 Å². The van der Waals surface area contributed by atoms with Crippen LogP contribution < -0.4 is 27.4 Å². The van der Waals surface area contributed by atoms with E-state index in [0.29, 0.717) is 0 Å². The van der Waals surface area contributed by atoms with E-state index in [1.807, 2.05) is 5.32 Å². The fourth-order valence-corrected chi connectivity index (χ4v) is 2.46. The molecule has 0 saturated carbocycles. The Morgan fingerprint density at radius 1 is 0.867 bits per heavy atom. The minimum Gasteiger partial charge on any atom is -0.481 e. The highest BCUT2D eigenvalue weighted by molar-refractivity contribution is 7.80. The summed E-state index contributed by atoms with van der Waals surface area (Å²) in [6.45, 7) is 3.21. The Balaban J connectivity index is 5.19. The molecule has 0 heterocycles. The van der Waals surface area contributed by atoms with Gasteiger partial charge in [0.15, 0.2) is 0 Å². The van der Waals surface area contributed by atoms with Gasteiger partial charge in [-0.15, -0.1) is 0 Å². The number of carboxylic acids is 2. The van der Waals surface area contributed by atoms with Gasteiger partial charge in [0.1, 0.15) is 18.1 Å². The van der Waals surface area contributed by atoms with Crippen molar-refractivity contribution in [2.75, 3.05) is 5.75 Å². The van der Waals surface area contributed by atoms with Crippen LogP contribution in [0.2, 0.25) is 0 Å². The number of carbonyl (C=O) groups is 6. The summed E-state index contributed by atoms with van der Waals surface area (Å²) >= 11 is 3.94. The Bertz CT molecular complexity index is 687. The van der Waals surface area contributed by atoms with Gasteiger partial charge >= 0.3 is 11.9 Å². The lowest BCUT2D eigenvalue weighted by molar-refractivity contribution is -0.147. The first kappa shape index (κ1) is 27.1. The van der Waals surface area contributed by atoms with Crippen molar-refractivity contribution >= 4 is 48.2 Å². The minimum atomic E-state index is -1.71. The van der Waals surface area contributed by atoms with Gasteiger partial charge in [0, 0.05) is 5.75 Å². The van der Waals surface area contributed by atoms with Crippen LogP contribution >= 0.6 is 12.6 Å². The average molecular weight is 449 g/mol. The second-order valence-corrected chi connectivity index (χ2v) is 7.11. The van der Waals surface area contributed by atoms with Crippen LogP contribution in [0.15, 0.2) is 0 Å². The zero-order valence-electron chi connectivity index (χ0n) is 16.5. The molecule has 0 rings (SSSR count). The van der Waals surface area contributed by atoms with Gasteiger partial charge in [-0.2, -0.15) is 12.6 Å². The zero-order chi connectivity index (χ0) is 23.6. The van der Waals surface area contributed by atoms with Crippen LogP contribution in [0.4, 0.5) is 0 Å². The maximum Gasteiger partial charge on any atom is 0.326 e. The molecule has 0 aliphatic carbocycles. The van der Waals surface area contributed by atoms with Crippen molar-refractivity contribution in [1.29, 1.82) is 0 Å². The van der Waals surface area contributed by atoms with Crippen molar-refractivity contribution in [2.24, 2.45) is 17.4 Å². The Hall–Kier alpha value is -2.87. The fourth-order valence-electron chi connectivity index (χ4n) is 2.21. The van der Waals surface area contributed by atoms with E-state index in [0.717, 1.165) is 0 Å². The van der Waals surface area contributed by atoms with Gasteiger partial charge in [-0.05, 0) is 5.92 Å². The second-order valence-electron chi connectivity index (χ2n) is 6.75. The first-order valence-electron chi connectivity index (χ1n) is 8.80. The van der Waals surface area contributed by atoms with Crippen LogP contribution in [0.1, 0.15) is 26.7 Å². The number of aliphatic carboxylic acids is 2. The molecule has 0 spiro atoms. The molecule has 13 nitrogen and oxygen atoms in total. The van der Waals surface area contributed by atoms with Crippen molar-refractivity contribution < 1.29 is 39.0 Å². The molecule has 0 aromatic carbocycles. The first-order valence-corrected chi connectivity index (χ1v) is 9.43. The van der Waals surface area contributed by atoms with Gasteiger partial charge in [-0.3, -0.25) is 24.0 Å². The maximum absolute atomic E-state index is 12.6. The molecule has 0 aromatic heterocycles. The molecule has 30 heavy (non-hydrogen) atoms. The summed E-state index contributed by atoms with van der Waals surface area (Å²) in [5, 5.41) is 24.4. The quantitative estimate of drug-likeness (QED) is 0.132. The molecule has 0 saturated heterocycles. The summed E-state index contributed by atoms with van der Waals surface area (Å²) in [4.78, 5) is 69.6. The number of thiol groups is 1. The predicted molar refractivity (Wildman–Crippen MR) is 106 cm³/mol. The van der Waals surface area contributed by atoms with Gasteiger partial charge in [-0.1, -0.05) is 13.8 Å². The smallest absolute Gasteiger partial charge is 0.326 e. The molecular weight excluding hydrogens is 422 g/mol. The van der Waals surface area contributed by atoms with E-state index in [9.17, 15) is 28.8 Å². The van der Waals surface area contributed by atoms with E-state index >= 15 is 0 Å². The summed E-state index contributed by atoms with van der Waals surface area (Å²) in [5.41, 5.74) is 10.5. The lowest BCUT2D eigenvalue weighted by Crippen LogP contribution is -2.59. The summed E-state index contributed by atoms with van der Waals surface area (Å²) in [5.74, 6) is -7.05. The van der Waals surface area contributed by atoms with E-state index in [-0.39, 0.29) is 5.75 Å². The number of nitrogens with two attached hydrogens (primary N) is 2. The van der Waals surface area contributed by atoms with E-state index in [2.05, 4.69) is 23.3 Å². The van der Waals surface area contributed by atoms with Gasteiger partial charge in [-0.25, -0.2) is 4.79 Å². The molecule has 14 heteroatoms. The molecule has 9 N–H and O–H groups in total. The molecule has 0 aliphatic rings. The predicted octanol–water partition coefficient (Wildman–Crippen LogP) is -3.21. The van der Waals surface area contributed by atoms with Crippen LogP contribution in [-0.4, -0.2) is 75.7 Å². The molecule has 0 aliphatic heterocycles. The molecule has 170 valence electrons. The highest BCUT2D eigenvalue weighted by Crippen LogP contribution is 2.05. The van der Waals surface area contributed by atoms with Gasteiger partial charge in [0.2, 0.25) is 23.6 Å².